The van der Waals surface area contributed by atoms with Crippen molar-refractivity contribution in [3.63, 3.8) is 0 Å². The summed E-state index contributed by atoms with van der Waals surface area (Å²) in [4.78, 5) is 10.8. The second-order valence-electron chi connectivity index (χ2n) is 2.56. The van der Waals surface area contributed by atoms with Crippen molar-refractivity contribution in [1.82, 2.24) is 0 Å². The van der Waals surface area contributed by atoms with E-state index < -0.39 is 18.2 Å². The Balaban J connectivity index is 3.98. The van der Waals surface area contributed by atoms with Gasteiger partial charge >= 0.3 is 5.97 Å². The van der Waals surface area contributed by atoms with Gasteiger partial charge in [-0.25, -0.2) is 4.79 Å². The Kier molecular flexibility index (Phi) is 5.37. The van der Waals surface area contributed by atoms with Crippen LogP contribution in [0.3, 0.4) is 0 Å². The fraction of sp³-hybridized carbons (Fsp3) is 0.667. The van der Waals surface area contributed by atoms with Crippen LogP contribution >= 0.6 is 0 Å². The zero-order valence-electron chi connectivity index (χ0n) is 7.62. The molecule has 70 valence electrons. The average Bonchev–Trinajstić information content (AvgIpc) is 2.12. The van der Waals surface area contributed by atoms with Gasteiger partial charge in [0, 0.05) is 6.08 Å². The number of esters is 1. The van der Waals surface area contributed by atoms with Crippen LogP contribution in [-0.2, 0) is 9.53 Å². The lowest BCUT2D eigenvalue weighted by atomic mass is 10.1. The zero-order chi connectivity index (χ0) is 9.56. The van der Waals surface area contributed by atoms with E-state index in [9.17, 15) is 9.90 Å². The van der Waals surface area contributed by atoms with Crippen LogP contribution in [0, 0.1) is 0 Å². The van der Waals surface area contributed by atoms with Crippen molar-refractivity contribution < 1.29 is 14.6 Å². The van der Waals surface area contributed by atoms with E-state index in [1.807, 2.05) is 13.8 Å². The summed E-state index contributed by atoms with van der Waals surface area (Å²) < 4.78 is 4.89. The summed E-state index contributed by atoms with van der Waals surface area (Å²) in [6, 6.07) is 0. The zero-order valence-corrected chi connectivity index (χ0v) is 7.62. The Morgan fingerprint density at radius 3 is 2.50 bits per heavy atom. The fourth-order valence-electron chi connectivity index (χ4n) is 0.894. The van der Waals surface area contributed by atoms with Crippen molar-refractivity contribution in [2.75, 3.05) is 0 Å². The number of aliphatic hydroxyl groups excluding tert-OH is 1. The minimum Gasteiger partial charge on any atom is -0.456 e. The molecule has 2 unspecified atom stereocenters. The average molecular weight is 172 g/mol. The van der Waals surface area contributed by atoms with Crippen LogP contribution in [0.15, 0.2) is 12.7 Å². The molecule has 0 aromatic carbocycles. The number of aliphatic hydroxyl groups is 1. The molecule has 0 aliphatic carbocycles. The second kappa shape index (κ2) is 5.77. The Morgan fingerprint density at radius 2 is 2.17 bits per heavy atom. The molecule has 0 aliphatic rings. The molecule has 0 bridgehead atoms. The maximum Gasteiger partial charge on any atom is 0.330 e. The molecule has 0 heterocycles. The van der Waals surface area contributed by atoms with Gasteiger partial charge in [-0.15, -0.1) is 0 Å². The van der Waals surface area contributed by atoms with Crippen molar-refractivity contribution in [3.05, 3.63) is 12.7 Å². The molecule has 0 rings (SSSR count). The molecule has 0 fully saturated rings. The molecule has 12 heavy (non-hydrogen) atoms. The summed E-state index contributed by atoms with van der Waals surface area (Å²) in [5.41, 5.74) is 0. The molecule has 0 aromatic heterocycles. The molecule has 0 aromatic rings. The molecule has 0 aliphatic heterocycles. The minimum atomic E-state index is -0.570. The first kappa shape index (κ1) is 11.2. The molecule has 3 nitrogen and oxygen atoms in total. The molecule has 0 amide bonds. The van der Waals surface area contributed by atoms with Crippen molar-refractivity contribution in [2.24, 2.45) is 0 Å². The van der Waals surface area contributed by atoms with Gasteiger partial charge in [0.25, 0.3) is 0 Å². The molecule has 1 N–H and O–H groups in total. The number of ether oxygens (including phenoxy) is 1. The van der Waals surface area contributed by atoms with E-state index in [1.165, 1.54) is 0 Å². The lowest BCUT2D eigenvalue weighted by Gasteiger charge is -2.19. The Hall–Kier alpha value is -0.830. The first-order valence-electron chi connectivity index (χ1n) is 4.16. The summed E-state index contributed by atoms with van der Waals surface area (Å²) in [6.07, 6.45) is 1.34. The van der Waals surface area contributed by atoms with Crippen molar-refractivity contribution in [3.8, 4) is 0 Å². The number of hydrogen-bond donors (Lipinski definition) is 1. The standard InChI is InChI=1S/C9H16O3/c1-4-7(10)8(5-2)12-9(11)6-3/h6-8,10H,3-5H2,1-2H3. The monoisotopic (exact) mass is 172 g/mol. The molecule has 0 saturated carbocycles. The lowest BCUT2D eigenvalue weighted by Crippen LogP contribution is -2.29. The predicted octanol–water partition coefficient (Wildman–Crippen LogP) is 1.27. The summed E-state index contributed by atoms with van der Waals surface area (Å²) in [5.74, 6) is -0.477. The van der Waals surface area contributed by atoms with E-state index in [2.05, 4.69) is 6.58 Å². The van der Waals surface area contributed by atoms with Gasteiger partial charge in [0.05, 0.1) is 6.10 Å². The molecular weight excluding hydrogens is 156 g/mol. The largest absolute Gasteiger partial charge is 0.456 e. The molecule has 0 spiro atoms. The SMILES string of the molecule is C=CC(=O)OC(CC)C(O)CC. The van der Waals surface area contributed by atoms with Gasteiger partial charge in [-0.2, -0.15) is 0 Å². The van der Waals surface area contributed by atoms with E-state index in [0.717, 1.165) is 6.08 Å². The molecular formula is C9H16O3. The summed E-state index contributed by atoms with van der Waals surface area (Å²) >= 11 is 0. The molecule has 2 atom stereocenters. The van der Waals surface area contributed by atoms with Crippen LogP contribution in [0.1, 0.15) is 26.7 Å². The van der Waals surface area contributed by atoms with E-state index in [-0.39, 0.29) is 0 Å². The Labute approximate surface area is 73.0 Å². The van der Waals surface area contributed by atoms with Gasteiger partial charge in [-0.1, -0.05) is 20.4 Å². The lowest BCUT2D eigenvalue weighted by molar-refractivity contribution is -0.149. The Bertz CT molecular complexity index is 154. The molecule has 0 saturated heterocycles. The van der Waals surface area contributed by atoms with Crippen LogP contribution in [0.4, 0.5) is 0 Å². The normalized spacial score (nSPS) is 14.9. The van der Waals surface area contributed by atoms with Gasteiger partial charge in [0.15, 0.2) is 0 Å². The highest BCUT2D eigenvalue weighted by Gasteiger charge is 2.18. The van der Waals surface area contributed by atoms with Crippen LogP contribution in [-0.4, -0.2) is 23.3 Å². The number of hydrogen-bond acceptors (Lipinski definition) is 3. The van der Waals surface area contributed by atoms with Gasteiger partial charge in [0.2, 0.25) is 0 Å². The maximum absolute atomic E-state index is 10.8. The van der Waals surface area contributed by atoms with Gasteiger partial charge < -0.3 is 9.84 Å². The first-order chi connectivity index (χ1) is 5.65. The molecule has 3 heteroatoms. The van der Waals surface area contributed by atoms with E-state index >= 15 is 0 Å². The predicted molar refractivity (Wildman–Crippen MR) is 46.7 cm³/mol. The highest BCUT2D eigenvalue weighted by atomic mass is 16.6. The van der Waals surface area contributed by atoms with E-state index in [4.69, 9.17) is 4.74 Å². The number of carbonyl (C=O) groups excluding carboxylic acids is 1. The third-order valence-corrected chi connectivity index (χ3v) is 1.68. The van der Waals surface area contributed by atoms with Gasteiger partial charge in [0.1, 0.15) is 6.10 Å². The van der Waals surface area contributed by atoms with Crippen molar-refractivity contribution in [1.29, 1.82) is 0 Å². The van der Waals surface area contributed by atoms with E-state index in [1.54, 1.807) is 0 Å². The van der Waals surface area contributed by atoms with Crippen LogP contribution in [0.5, 0.6) is 0 Å². The van der Waals surface area contributed by atoms with Crippen molar-refractivity contribution >= 4 is 5.97 Å². The summed E-state index contributed by atoms with van der Waals surface area (Å²) in [7, 11) is 0. The van der Waals surface area contributed by atoms with Crippen LogP contribution in [0.2, 0.25) is 0 Å². The van der Waals surface area contributed by atoms with Crippen LogP contribution in [0.25, 0.3) is 0 Å². The molecule has 0 radical (unpaired) electrons. The smallest absolute Gasteiger partial charge is 0.330 e. The fourth-order valence-corrected chi connectivity index (χ4v) is 0.894. The highest BCUT2D eigenvalue weighted by Crippen LogP contribution is 2.07. The Morgan fingerprint density at radius 1 is 1.58 bits per heavy atom. The number of carbonyl (C=O) groups is 1. The van der Waals surface area contributed by atoms with E-state index in [0.29, 0.717) is 12.8 Å². The third-order valence-electron chi connectivity index (χ3n) is 1.68. The summed E-state index contributed by atoms with van der Waals surface area (Å²) in [5, 5.41) is 9.35. The third kappa shape index (κ3) is 3.53. The summed E-state index contributed by atoms with van der Waals surface area (Å²) in [6.45, 7) is 6.98. The van der Waals surface area contributed by atoms with Gasteiger partial charge in [-0.3, -0.25) is 0 Å². The highest BCUT2D eigenvalue weighted by molar-refractivity contribution is 5.81. The van der Waals surface area contributed by atoms with Crippen molar-refractivity contribution in [2.45, 2.75) is 38.9 Å². The second-order valence-corrected chi connectivity index (χ2v) is 2.56. The first-order valence-corrected chi connectivity index (χ1v) is 4.16. The van der Waals surface area contributed by atoms with Gasteiger partial charge in [-0.05, 0) is 12.8 Å². The quantitative estimate of drug-likeness (QED) is 0.501. The topological polar surface area (TPSA) is 46.5 Å². The minimum absolute atomic E-state index is 0.402. The maximum atomic E-state index is 10.8. The van der Waals surface area contributed by atoms with Crippen LogP contribution < -0.4 is 0 Å². The number of rotatable bonds is 5.